The summed E-state index contributed by atoms with van der Waals surface area (Å²) in [7, 11) is -1.35. The van der Waals surface area contributed by atoms with Crippen LogP contribution in [0.5, 0.6) is 5.75 Å². The van der Waals surface area contributed by atoms with Gasteiger partial charge in [0, 0.05) is 24.7 Å². The summed E-state index contributed by atoms with van der Waals surface area (Å²) < 4.78 is 31.5. The van der Waals surface area contributed by atoms with Gasteiger partial charge in [0.15, 0.2) is 0 Å². The Labute approximate surface area is 168 Å². The van der Waals surface area contributed by atoms with Gasteiger partial charge in [-0.2, -0.15) is 9.41 Å². The van der Waals surface area contributed by atoms with E-state index in [0.717, 1.165) is 9.87 Å². The number of carbonyl (C=O) groups is 1. The number of nitrogens with one attached hydrogen (secondary N) is 1. The van der Waals surface area contributed by atoms with Crippen molar-refractivity contribution in [1.82, 2.24) is 9.73 Å². The quantitative estimate of drug-likeness (QED) is 0.393. The lowest BCUT2D eigenvalue weighted by Crippen LogP contribution is -2.36. The molecule has 0 saturated carbocycles. The molecule has 0 aliphatic carbocycles. The van der Waals surface area contributed by atoms with E-state index in [2.05, 4.69) is 10.5 Å². The molecule has 2 aromatic rings. The topological polar surface area (TPSA) is 131 Å². The molecule has 0 radical (unpaired) electrons. The molecular weight excluding hydrogens is 400 g/mol. The van der Waals surface area contributed by atoms with Crippen LogP contribution in [0.4, 0.5) is 5.69 Å². The maximum atomic E-state index is 12.8. The van der Waals surface area contributed by atoms with Gasteiger partial charge in [-0.3, -0.25) is 14.9 Å². The number of amides is 1. The van der Waals surface area contributed by atoms with Gasteiger partial charge in [-0.05, 0) is 24.6 Å². The highest BCUT2D eigenvalue weighted by Crippen LogP contribution is 2.27. The summed E-state index contributed by atoms with van der Waals surface area (Å²) in [5.74, 6) is -0.504. The smallest absolute Gasteiger partial charge is 0.270 e. The molecule has 0 heterocycles. The van der Waals surface area contributed by atoms with Gasteiger partial charge >= 0.3 is 0 Å². The second-order valence-electron chi connectivity index (χ2n) is 6.06. The van der Waals surface area contributed by atoms with E-state index in [1.54, 1.807) is 25.1 Å². The van der Waals surface area contributed by atoms with Crippen LogP contribution in [0.1, 0.15) is 11.1 Å². The third-order valence-electron chi connectivity index (χ3n) is 3.86. The van der Waals surface area contributed by atoms with E-state index >= 15 is 0 Å². The summed E-state index contributed by atoms with van der Waals surface area (Å²) in [5.41, 5.74) is 3.22. The molecule has 1 amide bonds. The second kappa shape index (κ2) is 9.26. The number of non-ortho nitro benzene ring substituents is 1. The number of benzene rings is 2. The number of hydrazone groups is 1. The molecular formula is C18H20N4O6S. The van der Waals surface area contributed by atoms with Crippen molar-refractivity contribution in [3.05, 3.63) is 63.7 Å². The van der Waals surface area contributed by atoms with Crippen LogP contribution in [0.15, 0.2) is 52.5 Å². The highest BCUT2D eigenvalue weighted by Gasteiger charge is 2.26. The lowest BCUT2D eigenvalue weighted by atomic mass is 10.2. The summed E-state index contributed by atoms with van der Waals surface area (Å²) in [6.07, 6.45) is 1.23. The number of hydrogen-bond donors (Lipinski definition) is 1. The minimum absolute atomic E-state index is 0.0459. The first-order valence-electron chi connectivity index (χ1n) is 8.32. The fourth-order valence-corrected chi connectivity index (χ4v) is 3.74. The zero-order valence-electron chi connectivity index (χ0n) is 16.0. The van der Waals surface area contributed by atoms with Crippen molar-refractivity contribution in [3.63, 3.8) is 0 Å². The van der Waals surface area contributed by atoms with E-state index < -0.39 is 27.4 Å². The van der Waals surface area contributed by atoms with Gasteiger partial charge in [0.25, 0.3) is 11.6 Å². The minimum atomic E-state index is -3.97. The lowest BCUT2D eigenvalue weighted by Gasteiger charge is -2.18. The van der Waals surface area contributed by atoms with E-state index in [1.807, 2.05) is 0 Å². The SMILES string of the molecule is COc1ccc(C)cc1S(=O)(=O)N(C)CC(=O)NN=Cc1cccc([N+](=O)[O-])c1. The summed E-state index contributed by atoms with van der Waals surface area (Å²) in [6, 6.07) is 10.4. The van der Waals surface area contributed by atoms with Gasteiger partial charge in [-0.15, -0.1) is 0 Å². The number of sulfonamides is 1. The number of nitrogens with zero attached hydrogens (tertiary/aromatic N) is 3. The molecule has 0 aromatic heterocycles. The predicted octanol–water partition coefficient (Wildman–Crippen LogP) is 1.68. The molecule has 0 aliphatic heterocycles. The molecule has 2 aromatic carbocycles. The monoisotopic (exact) mass is 420 g/mol. The molecule has 2 rings (SSSR count). The van der Waals surface area contributed by atoms with Crippen LogP contribution in [-0.2, 0) is 14.8 Å². The third kappa shape index (κ3) is 5.59. The van der Waals surface area contributed by atoms with Crippen LogP contribution in [0.2, 0.25) is 0 Å². The van der Waals surface area contributed by atoms with Gasteiger partial charge in [0.05, 0.1) is 24.8 Å². The summed E-state index contributed by atoms with van der Waals surface area (Å²) >= 11 is 0. The van der Waals surface area contributed by atoms with Crippen molar-refractivity contribution in [2.75, 3.05) is 20.7 Å². The van der Waals surface area contributed by atoms with Crippen LogP contribution in [0.25, 0.3) is 0 Å². The van der Waals surface area contributed by atoms with Crippen molar-refractivity contribution >= 4 is 27.8 Å². The fraction of sp³-hybridized carbons (Fsp3) is 0.222. The largest absolute Gasteiger partial charge is 0.495 e. The van der Waals surface area contributed by atoms with Gasteiger partial charge < -0.3 is 4.74 Å². The number of nitro benzene ring substituents is 1. The summed E-state index contributed by atoms with van der Waals surface area (Å²) in [4.78, 5) is 22.2. The third-order valence-corrected chi connectivity index (χ3v) is 5.68. The maximum absolute atomic E-state index is 12.8. The number of nitro groups is 1. The van der Waals surface area contributed by atoms with E-state index in [4.69, 9.17) is 4.74 Å². The van der Waals surface area contributed by atoms with Gasteiger partial charge in [-0.25, -0.2) is 13.8 Å². The fourth-order valence-electron chi connectivity index (χ4n) is 2.37. The van der Waals surface area contributed by atoms with Crippen LogP contribution < -0.4 is 10.2 Å². The molecule has 0 bridgehead atoms. The van der Waals surface area contributed by atoms with Crippen LogP contribution in [-0.4, -0.2) is 50.5 Å². The zero-order valence-corrected chi connectivity index (χ0v) is 16.8. The second-order valence-corrected chi connectivity index (χ2v) is 8.07. The molecule has 1 N–H and O–H groups in total. The van der Waals surface area contributed by atoms with Crippen molar-refractivity contribution in [3.8, 4) is 5.75 Å². The zero-order chi connectivity index (χ0) is 21.6. The normalized spacial score (nSPS) is 11.6. The molecule has 154 valence electrons. The Balaban J connectivity index is 2.06. The average molecular weight is 420 g/mol. The Bertz CT molecular complexity index is 1050. The van der Waals surface area contributed by atoms with E-state index in [-0.39, 0.29) is 16.3 Å². The minimum Gasteiger partial charge on any atom is -0.495 e. The number of rotatable bonds is 8. The molecule has 29 heavy (non-hydrogen) atoms. The number of aryl methyl sites for hydroxylation is 1. The van der Waals surface area contributed by atoms with Gasteiger partial charge in [-0.1, -0.05) is 18.2 Å². The van der Waals surface area contributed by atoms with Crippen LogP contribution in [0, 0.1) is 17.0 Å². The van der Waals surface area contributed by atoms with Gasteiger partial charge in [0.1, 0.15) is 10.6 Å². The van der Waals surface area contributed by atoms with Crippen LogP contribution in [0.3, 0.4) is 0 Å². The molecule has 0 spiro atoms. The number of likely N-dealkylation sites (N-methyl/N-ethyl adjacent to an activating group) is 1. The Morgan fingerprint density at radius 2 is 2.03 bits per heavy atom. The first-order chi connectivity index (χ1) is 13.6. The van der Waals surface area contributed by atoms with E-state index in [9.17, 15) is 23.3 Å². The highest BCUT2D eigenvalue weighted by molar-refractivity contribution is 7.89. The van der Waals surface area contributed by atoms with Crippen molar-refractivity contribution < 1.29 is 22.9 Å². The molecule has 0 saturated heterocycles. The Morgan fingerprint density at radius 3 is 2.69 bits per heavy atom. The number of methoxy groups -OCH3 is 1. The first-order valence-corrected chi connectivity index (χ1v) is 9.76. The molecule has 0 unspecified atom stereocenters. The summed E-state index contributed by atoms with van der Waals surface area (Å²) in [6.45, 7) is 1.26. The standard InChI is InChI=1S/C18H20N4O6S/c1-13-7-8-16(28-3)17(9-13)29(26,27)21(2)12-18(23)20-19-11-14-5-4-6-15(10-14)22(24)25/h4-11H,12H2,1-3H3,(H,20,23). The Morgan fingerprint density at radius 1 is 1.31 bits per heavy atom. The van der Waals surface area contributed by atoms with Crippen molar-refractivity contribution in [2.24, 2.45) is 5.10 Å². The Hall–Kier alpha value is -3.31. The van der Waals surface area contributed by atoms with Crippen molar-refractivity contribution in [2.45, 2.75) is 11.8 Å². The summed E-state index contributed by atoms with van der Waals surface area (Å²) in [5, 5.41) is 14.5. The molecule has 0 fully saturated rings. The average Bonchev–Trinajstić information content (AvgIpc) is 2.68. The number of hydrogen-bond acceptors (Lipinski definition) is 7. The first kappa shape index (κ1) is 22.0. The predicted molar refractivity (Wildman–Crippen MR) is 106 cm³/mol. The van der Waals surface area contributed by atoms with Crippen LogP contribution >= 0.6 is 0 Å². The van der Waals surface area contributed by atoms with E-state index in [1.165, 1.54) is 44.6 Å². The molecule has 0 aliphatic rings. The van der Waals surface area contributed by atoms with E-state index in [0.29, 0.717) is 5.56 Å². The van der Waals surface area contributed by atoms with Gasteiger partial charge in [0.2, 0.25) is 10.0 Å². The molecule has 0 atom stereocenters. The lowest BCUT2D eigenvalue weighted by molar-refractivity contribution is -0.384. The molecule has 10 nitrogen and oxygen atoms in total. The number of ether oxygens (including phenoxy) is 1. The Kier molecular flexibility index (Phi) is 7.02. The number of carbonyl (C=O) groups excluding carboxylic acids is 1. The highest BCUT2D eigenvalue weighted by atomic mass is 32.2. The van der Waals surface area contributed by atoms with Crippen molar-refractivity contribution in [1.29, 1.82) is 0 Å². The molecule has 11 heteroatoms. The maximum Gasteiger partial charge on any atom is 0.270 e.